The van der Waals surface area contributed by atoms with Gasteiger partial charge in [-0.05, 0) is 46.6 Å². The lowest BCUT2D eigenvalue weighted by Crippen LogP contribution is -1.98. The molecule has 100 valence electrons. The Morgan fingerprint density at radius 3 is 2.53 bits per heavy atom. The fourth-order valence-corrected chi connectivity index (χ4v) is 3.07. The molecule has 0 amide bonds. The summed E-state index contributed by atoms with van der Waals surface area (Å²) in [5.74, 6) is 0.549. The number of benzene rings is 2. The van der Waals surface area contributed by atoms with Gasteiger partial charge in [0.15, 0.2) is 0 Å². The molecule has 0 aliphatic rings. The number of hydrogen-bond acceptors (Lipinski definition) is 1. The van der Waals surface area contributed by atoms with Gasteiger partial charge in [-0.25, -0.2) is 4.39 Å². The van der Waals surface area contributed by atoms with Gasteiger partial charge in [-0.3, -0.25) is 0 Å². The van der Waals surface area contributed by atoms with E-state index in [9.17, 15) is 4.39 Å². The van der Waals surface area contributed by atoms with Gasteiger partial charge in [-0.2, -0.15) is 0 Å². The van der Waals surface area contributed by atoms with E-state index in [-0.39, 0.29) is 10.6 Å². The van der Waals surface area contributed by atoms with Crippen LogP contribution in [0.1, 0.15) is 21.5 Å². The van der Waals surface area contributed by atoms with Crippen LogP contribution < -0.4 is 4.74 Å². The van der Waals surface area contributed by atoms with Gasteiger partial charge >= 0.3 is 0 Å². The first-order valence-electron chi connectivity index (χ1n) is 5.76. The molecular weight excluding hydrogens is 375 g/mol. The van der Waals surface area contributed by atoms with Crippen molar-refractivity contribution >= 4 is 31.9 Å². The van der Waals surface area contributed by atoms with Crippen LogP contribution in [0.25, 0.3) is 0 Å². The minimum atomic E-state index is -0.209. The van der Waals surface area contributed by atoms with Crippen molar-refractivity contribution in [3.8, 4) is 5.75 Å². The highest BCUT2D eigenvalue weighted by Crippen LogP contribution is 2.36. The Morgan fingerprint density at radius 1 is 1.16 bits per heavy atom. The molecule has 2 aromatic rings. The molecule has 2 rings (SSSR count). The largest absolute Gasteiger partial charge is 0.496 e. The summed E-state index contributed by atoms with van der Waals surface area (Å²) in [5, 5.41) is 0. The zero-order valence-corrected chi connectivity index (χ0v) is 13.8. The molecule has 0 bridgehead atoms. The van der Waals surface area contributed by atoms with Gasteiger partial charge in [0.2, 0.25) is 0 Å². The molecule has 0 N–H and O–H groups in total. The van der Waals surface area contributed by atoms with Gasteiger partial charge in [0, 0.05) is 5.56 Å². The quantitative estimate of drug-likeness (QED) is 0.641. The van der Waals surface area contributed by atoms with Crippen molar-refractivity contribution in [3.05, 3.63) is 63.4 Å². The Morgan fingerprint density at radius 2 is 1.89 bits per heavy atom. The molecule has 0 saturated heterocycles. The second kappa shape index (κ2) is 6.06. The minimum absolute atomic E-state index is 0.186. The smallest absolute Gasteiger partial charge is 0.133 e. The van der Waals surface area contributed by atoms with Crippen LogP contribution in [0.15, 0.2) is 40.9 Å². The lowest BCUT2D eigenvalue weighted by atomic mass is 10.0. The molecule has 1 atom stereocenters. The molecule has 1 unspecified atom stereocenters. The Balaban J connectivity index is 2.41. The van der Waals surface area contributed by atoms with Gasteiger partial charge in [0.25, 0.3) is 0 Å². The molecule has 0 aliphatic heterocycles. The zero-order valence-electron chi connectivity index (χ0n) is 10.6. The first-order valence-corrected chi connectivity index (χ1v) is 7.47. The van der Waals surface area contributed by atoms with Crippen LogP contribution in [0.2, 0.25) is 0 Å². The average Bonchev–Trinajstić information content (AvgIpc) is 2.40. The van der Waals surface area contributed by atoms with Crippen molar-refractivity contribution in [1.82, 2.24) is 0 Å². The molecule has 2 aromatic carbocycles. The standard InChI is InChI=1S/C15H13Br2FO/c1-9-3-5-13(18)11(7-9)15(17)10-4-6-14(19-2)12(16)8-10/h3-8,15H,1-2H3. The summed E-state index contributed by atoms with van der Waals surface area (Å²) >= 11 is 7.00. The van der Waals surface area contributed by atoms with Crippen LogP contribution in [0.3, 0.4) is 0 Å². The van der Waals surface area contributed by atoms with E-state index in [0.29, 0.717) is 5.56 Å². The van der Waals surface area contributed by atoms with Crippen LogP contribution in [0, 0.1) is 12.7 Å². The van der Waals surface area contributed by atoms with Crippen LogP contribution >= 0.6 is 31.9 Å². The number of methoxy groups -OCH3 is 1. The van der Waals surface area contributed by atoms with E-state index in [1.54, 1.807) is 13.2 Å². The first-order chi connectivity index (χ1) is 9.02. The molecule has 0 fully saturated rings. The van der Waals surface area contributed by atoms with Crippen LogP contribution in [-0.4, -0.2) is 7.11 Å². The molecule has 4 heteroatoms. The lowest BCUT2D eigenvalue weighted by Gasteiger charge is -2.14. The first kappa shape index (κ1) is 14.5. The predicted octanol–water partition coefficient (Wildman–Crippen LogP) is 5.39. The van der Waals surface area contributed by atoms with E-state index in [1.807, 2.05) is 31.2 Å². The molecule has 0 aliphatic carbocycles. The number of rotatable bonds is 3. The summed E-state index contributed by atoms with van der Waals surface area (Å²) in [6.07, 6.45) is 0. The van der Waals surface area contributed by atoms with Gasteiger partial charge in [0.05, 0.1) is 16.4 Å². The SMILES string of the molecule is COc1ccc(C(Br)c2cc(C)ccc2F)cc1Br. The van der Waals surface area contributed by atoms with Gasteiger partial charge < -0.3 is 4.74 Å². The van der Waals surface area contributed by atoms with E-state index in [4.69, 9.17) is 4.74 Å². The number of hydrogen-bond donors (Lipinski definition) is 0. The number of ether oxygens (including phenoxy) is 1. The maximum atomic E-state index is 13.9. The van der Waals surface area contributed by atoms with E-state index in [0.717, 1.165) is 21.3 Å². The molecule has 0 radical (unpaired) electrons. The molecule has 0 spiro atoms. The topological polar surface area (TPSA) is 9.23 Å². The summed E-state index contributed by atoms with van der Waals surface area (Å²) in [7, 11) is 1.62. The molecule has 1 nitrogen and oxygen atoms in total. The third-order valence-electron chi connectivity index (χ3n) is 2.89. The van der Waals surface area contributed by atoms with Crippen molar-refractivity contribution in [2.75, 3.05) is 7.11 Å². The number of alkyl halides is 1. The summed E-state index contributed by atoms with van der Waals surface area (Å²) in [6.45, 7) is 1.95. The zero-order chi connectivity index (χ0) is 14.0. The second-order valence-electron chi connectivity index (χ2n) is 4.28. The summed E-state index contributed by atoms with van der Waals surface area (Å²) in [5.41, 5.74) is 2.64. The highest BCUT2D eigenvalue weighted by molar-refractivity contribution is 9.10. The molecule has 19 heavy (non-hydrogen) atoms. The summed E-state index contributed by atoms with van der Waals surface area (Å²) < 4.78 is 19.9. The Bertz CT molecular complexity index is 599. The maximum Gasteiger partial charge on any atom is 0.133 e. The molecule has 0 aromatic heterocycles. The fourth-order valence-electron chi connectivity index (χ4n) is 1.88. The second-order valence-corrected chi connectivity index (χ2v) is 6.05. The Labute approximate surface area is 129 Å². The summed E-state index contributed by atoms with van der Waals surface area (Å²) in [6, 6.07) is 10.8. The van der Waals surface area contributed by atoms with E-state index >= 15 is 0 Å². The van der Waals surface area contributed by atoms with Crippen molar-refractivity contribution in [2.24, 2.45) is 0 Å². The Hall–Kier alpha value is -0.870. The minimum Gasteiger partial charge on any atom is -0.496 e. The van der Waals surface area contributed by atoms with Crippen molar-refractivity contribution in [2.45, 2.75) is 11.8 Å². The van der Waals surface area contributed by atoms with E-state index < -0.39 is 0 Å². The van der Waals surface area contributed by atoms with E-state index in [1.165, 1.54) is 6.07 Å². The predicted molar refractivity (Wildman–Crippen MR) is 82.6 cm³/mol. The Kier molecular flexibility index (Phi) is 4.63. The highest BCUT2D eigenvalue weighted by Gasteiger charge is 2.16. The number of halogens is 3. The van der Waals surface area contributed by atoms with Gasteiger partial charge in [-0.15, -0.1) is 0 Å². The van der Waals surface area contributed by atoms with Crippen LogP contribution in [0.5, 0.6) is 5.75 Å². The average molecular weight is 388 g/mol. The van der Waals surface area contributed by atoms with Crippen LogP contribution in [0.4, 0.5) is 4.39 Å². The van der Waals surface area contributed by atoms with Crippen LogP contribution in [-0.2, 0) is 0 Å². The van der Waals surface area contributed by atoms with E-state index in [2.05, 4.69) is 31.9 Å². The molecular formula is C15H13Br2FO. The summed E-state index contributed by atoms with van der Waals surface area (Å²) in [4.78, 5) is -0.186. The molecule has 0 heterocycles. The van der Waals surface area contributed by atoms with Gasteiger partial charge in [-0.1, -0.05) is 39.7 Å². The lowest BCUT2D eigenvalue weighted by molar-refractivity contribution is 0.412. The highest BCUT2D eigenvalue weighted by atomic mass is 79.9. The van der Waals surface area contributed by atoms with Crippen molar-refractivity contribution < 1.29 is 9.13 Å². The van der Waals surface area contributed by atoms with Gasteiger partial charge in [0.1, 0.15) is 11.6 Å². The fraction of sp³-hybridized carbons (Fsp3) is 0.200. The maximum absolute atomic E-state index is 13.9. The number of aryl methyl sites for hydroxylation is 1. The third kappa shape index (κ3) is 3.18. The normalized spacial score (nSPS) is 12.3. The molecule has 0 saturated carbocycles. The van der Waals surface area contributed by atoms with Crippen molar-refractivity contribution in [3.63, 3.8) is 0 Å². The van der Waals surface area contributed by atoms with Crippen molar-refractivity contribution in [1.29, 1.82) is 0 Å². The third-order valence-corrected chi connectivity index (χ3v) is 4.53. The monoisotopic (exact) mass is 386 g/mol.